The molecule has 0 radical (unpaired) electrons. The third-order valence-electron chi connectivity index (χ3n) is 2.57. The molecular formula is C12H14ClN. The second-order valence-corrected chi connectivity index (χ2v) is 4.27. The number of hydrogen-bond acceptors (Lipinski definition) is 1. The van der Waals surface area contributed by atoms with Crippen molar-refractivity contribution >= 4 is 11.6 Å². The summed E-state index contributed by atoms with van der Waals surface area (Å²) in [7, 11) is 0. The maximum atomic E-state index is 5.91. The Balaban J connectivity index is 2.08. The molecule has 0 aromatic heterocycles. The van der Waals surface area contributed by atoms with Gasteiger partial charge in [-0.25, -0.2) is 0 Å². The summed E-state index contributed by atoms with van der Waals surface area (Å²) in [5.41, 5.74) is 8.53. The van der Waals surface area contributed by atoms with Crippen LogP contribution < -0.4 is 5.73 Å². The molecule has 0 amide bonds. The van der Waals surface area contributed by atoms with Gasteiger partial charge in [-0.2, -0.15) is 0 Å². The van der Waals surface area contributed by atoms with Gasteiger partial charge < -0.3 is 5.73 Å². The molecule has 0 saturated heterocycles. The number of allylic oxidation sites excluding steroid dienone is 1. The molecule has 1 unspecified atom stereocenters. The summed E-state index contributed by atoms with van der Waals surface area (Å²) in [6.45, 7) is 0. The molecule has 2 heteroatoms. The normalized spacial score (nSPS) is 21.0. The lowest BCUT2D eigenvalue weighted by Crippen LogP contribution is -2.11. The van der Waals surface area contributed by atoms with Crippen LogP contribution in [0.25, 0.3) is 0 Å². The molecule has 0 heterocycles. The van der Waals surface area contributed by atoms with Gasteiger partial charge in [0.25, 0.3) is 0 Å². The van der Waals surface area contributed by atoms with Crippen molar-refractivity contribution in [3.05, 3.63) is 46.5 Å². The standard InChI is InChI=1S/C12H14ClN/c13-11-3-1-2-9(7-11)6-10-4-5-12(14)8-10/h1-3,7-8,12H,4-6,14H2. The maximum absolute atomic E-state index is 5.91. The van der Waals surface area contributed by atoms with E-state index in [0.29, 0.717) is 0 Å². The summed E-state index contributed by atoms with van der Waals surface area (Å²) in [5, 5.41) is 0.811. The monoisotopic (exact) mass is 207 g/mol. The van der Waals surface area contributed by atoms with Crippen LogP contribution in [0.1, 0.15) is 18.4 Å². The zero-order chi connectivity index (χ0) is 9.97. The van der Waals surface area contributed by atoms with E-state index < -0.39 is 0 Å². The molecule has 74 valence electrons. The van der Waals surface area contributed by atoms with Crippen LogP contribution >= 0.6 is 11.6 Å². The van der Waals surface area contributed by atoms with E-state index in [9.17, 15) is 0 Å². The van der Waals surface area contributed by atoms with Crippen LogP contribution in [0.15, 0.2) is 35.9 Å². The van der Waals surface area contributed by atoms with Gasteiger partial charge in [-0.3, -0.25) is 0 Å². The van der Waals surface area contributed by atoms with Crippen molar-refractivity contribution in [2.24, 2.45) is 5.73 Å². The predicted molar refractivity (Wildman–Crippen MR) is 60.4 cm³/mol. The number of rotatable bonds is 2. The molecule has 1 nitrogen and oxygen atoms in total. The summed E-state index contributed by atoms with van der Waals surface area (Å²) in [6, 6.07) is 8.29. The van der Waals surface area contributed by atoms with E-state index in [1.54, 1.807) is 0 Å². The zero-order valence-corrected chi connectivity index (χ0v) is 8.80. The number of nitrogens with two attached hydrogens (primary N) is 1. The van der Waals surface area contributed by atoms with Crippen LogP contribution in [0, 0.1) is 0 Å². The molecule has 0 bridgehead atoms. The Morgan fingerprint density at radius 2 is 2.29 bits per heavy atom. The second kappa shape index (κ2) is 4.16. The van der Waals surface area contributed by atoms with Crippen LogP contribution in [-0.4, -0.2) is 6.04 Å². The lowest BCUT2D eigenvalue weighted by Gasteiger charge is -2.02. The Labute approximate surface area is 89.6 Å². The van der Waals surface area contributed by atoms with E-state index in [4.69, 9.17) is 17.3 Å². The van der Waals surface area contributed by atoms with Crippen LogP contribution in [0.3, 0.4) is 0 Å². The highest BCUT2D eigenvalue weighted by atomic mass is 35.5. The lowest BCUT2D eigenvalue weighted by atomic mass is 10.1. The average Bonchev–Trinajstić information content (AvgIpc) is 2.51. The zero-order valence-electron chi connectivity index (χ0n) is 8.04. The first-order valence-corrected chi connectivity index (χ1v) is 5.31. The summed E-state index contributed by atoms with van der Waals surface area (Å²) < 4.78 is 0. The molecule has 1 aromatic carbocycles. The average molecular weight is 208 g/mol. The van der Waals surface area contributed by atoms with Crippen LogP contribution in [-0.2, 0) is 6.42 Å². The third-order valence-corrected chi connectivity index (χ3v) is 2.80. The van der Waals surface area contributed by atoms with E-state index >= 15 is 0 Å². The smallest absolute Gasteiger partial charge is 0.0408 e. The minimum absolute atomic E-state index is 0.268. The Bertz CT molecular complexity index is 357. The van der Waals surface area contributed by atoms with Gasteiger partial charge in [0.1, 0.15) is 0 Å². The molecule has 1 aliphatic carbocycles. The van der Waals surface area contributed by atoms with Gasteiger partial charge in [0.2, 0.25) is 0 Å². The molecule has 1 atom stereocenters. The summed E-state index contributed by atoms with van der Waals surface area (Å²) in [5.74, 6) is 0. The van der Waals surface area contributed by atoms with Gasteiger partial charge in [-0.1, -0.05) is 35.4 Å². The highest BCUT2D eigenvalue weighted by Gasteiger charge is 2.11. The van der Waals surface area contributed by atoms with Crippen molar-refractivity contribution in [3.8, 4) is 0 Å². The number of halogens is 1. The Morgan fingerprint density at radius 3 is 2.93 bits per heavy atom. The Morgan fingerprint density at radius 1 is 1.43 bits per heavy atom. The second-order valence-electron chi connectivity index (χ2n) is 3.83. The molecule has 2 N–H and O–H groups in total. The summed E-state index contributed by atoms with van der Waals surface area (Å²) >= 11 is 5.91. The van der Waals surface area contributed by atoms with Crippen molar-refractivity contribution in [2.75, 3.05) is 0 Å². The number of benzene rings is 1. The van der Waals surface area contributed by atoms with Gasteiger partial charge in [0, 0.05) is 11.1 Å². The fraction of sp³-hybridized carbons (Fsp3) is 0.333. The molecule has 0 saturated carbocycles. The molecule has 1 aromatic rings. The molecule has 0 fully saturated rings. The van der Waals surface area contributed by atoms with E-state index in [1.807, 2.05) is 18.2 Å². The summed E-state index contributed by atoms with van der Waals surface area (Å²) in [4.78, 5) is 0. The van der Waals surface area contributed by atoms with Crippen molar-refractivity contribution < 1.29 is 0 Å². The molecule has 0 spiro atoms. The summed E-state index contributed by atoms with van der Waals surface area (Å²) in [6.07, 6.45) is 5.40. The van der Waals surface area contributed by atoms with Gasteiger partial charge in [0.05, 0.1) is 0 Å². The van der Waals surface area contributed by atoms with Gasteiger partial charge in [-0.05, 0) is 37.0 Å². The maximum Gasteiger partial charge on any atom is 0.0408 e. The Hall–Kier alpha value is -0.790. The Kier molecular flexibility index (Phi) is 2.90. The predicted octanol–water partition coefficient (Wildman–Crippen LogP) is 2.93. The number of hydrogen-bond donors (Lipinski definition) is 1. The minimum atomic E-state index is 0.268. The first-order chi connectivity index (χ1) is 6.74. The van der Waals surface area contributed by atoms with Gasteiger partial charge in [-0.15, -0.1) is 0 Å². The van der Waals surface area contributed by atoms with Crippen LogP contribution in [0.2, 0.25) is 5.02 Å². The SMILES string of the molecule is NC1C=C(Cc2cccc(Cl)c2)CC1. The largest absolute Gasteiger partial charge is 0.324 e. The molecular weight excluding hydrogens is 194 g/mol. The van der Waals surface area contributed by atoms with E-state index in [2.05, 4.69) is 12.1 Å². The van der Waals surface area contributed by atoms with Crippen molar-refractivity contribution in [3.63, 3.8) is 0 Å². The topological polar surface area (TPSA) is 26.0 Å². The van der Waals surface area contributed by atoms with Crippen LogP contribution in [0.4, 0.5) is 0 Å². The third kappa shape index (κ3) is 2.37. The molecule has 0 aliphatic heterocycles. The van der Waals surface area contributed by atoms with E-state index in [-0.39, 0.29) is 6.04 Å². The highest BCUT2D eigenvalue weighted by Crippen LogP contribution is 2.22. The van der Waals surface area contributed by atoms with Crippen molar-refractivity contribution in [2.45, 2.75) is 25.3 Å². The van der Waals surface area contributed by atoms with Gasteiger partial charge in [0.15, 0.2) is 0 Å². The highest BCUT2D eigenvalue weighted by molar-refractivity contribution is 6.30. The quantitative estimate of drug-likeness (QED) is 0.742. The fourth-order valence-electron chi connectivity index (χ4n) is 1.88. The first-order valence-electron chi connectivity index (χ1n) is 4.93. The fourth-order valence-corrected chi connectivity index (χ4v) is 2.09. The van der Waals surface area contributed by atoms with Gasteiger partial charge >= 0.3 is 0 Å². The lowest BCUT2D eigenvalue weighted by molar-refractivity contribution is 0.770. The van der Waals surface area contributed by atoms with Crippen molar-refractivity contribution in [1.29, 1.82) is 0 Å². The molecule has 2 rings (SSSR count). The van der Waals surface area contributed by atoms with Crippen LogP contribution in [0.5, 0.6) is 0 Å². The molecule has 1 aliphatic rings. The molecule has 14 heavy (non-hydrogen) atoms. The van der Waals surface area contributed by atoms with E-state index in [0.717, 1.165) is 24.3 Å². The minimum Gasteiger partial charge on any atom is -0.324 e. The first kappa shape index (κ1) is 9.75. The van der Waals surface area contributed by atoms with Crippen molar-refractivity contribution in [1.82, 2.24) is 0 Å². The van der Waals surface area contributed by atoms with E-state index in [1.165, 1.54) is 11.1 Å².